The van der Waals surface area contributed by atoms with Gasteiger partial charge in [0.05, 0.1) is 6.42 Å². The van der Waals surface area contributed by atoms with Crippen molar-refractivity contribution in [1.82, 2.24) is 4.90 Å². The summed E-state index contributed by atoms with van der Waals surface area (Å²) in [6, 6.07) is 1.08. The molecular weight excluding hydrogens is 154 g/mol. The van der Waals surface area contributed by atoms with Crippen molar-refractivity contribution in [2.24, 2.45) is 0 Å². The number of carbonyl (C=O) groups is 1. The fourth-order valence-corrected chi connectivity index (χ4v) is 2.08. The molecule has 2 aliphatic rings. The summed E-state index contributed by atoms with van der Waals surface area (Å²) in [6.07, 6.45) is 5.34. The van der Waals surface area contributed by atoms with Crippen molar-refractivity contribution in [2.45, 2.75) is 44.2 Å². The molecule has 1 saturated heterocycles. The van der Waals surface area contributed by atoms with E-state index in [4.69, 9.17) is 5.11 Å². The lowest BCUT2D eigenvalue weighted by Gasteiger charge is -2.49. The zero-order valence-corrected chi connectivity index (χ0v) is 7.20. The molecule has 1 N–H and O–H groups in total. The van der Waals surface area contributed by atoms with Gasteiger partial charge in [-0.05, 0) is 19.3 Å². The van der Waals surface area contributed by atoms with Gasteiger partial charge in [0, 0.05) is 18.6 Å². The predicted molar refractivity (Wildman–Crippen MR) is 45.0 cm³/mol. The van der Waals surface area contributed by atoms with Gasteiger partial charge in [-0.3, -0.25) is 9.69 Å². The largest absolute Gasteiger partial charge is 0.481 e. The summed E-state index contributed by atoms with van der Waals surface area (Å²) < 4.78 is 0. The second kappa shape index (κ2) is 3.05. The lowest BCUT2D eigenvalue weighted by Crippen LogP contribution is -2.56. The highest BCUT2D eigenvalue weighted by Gasteiger charge is 2.37. The molecule has 68 valence electrons. The lowest BCUT2D eigenvalue weighted by molar-refractivity contribution is -0.140. The van der Waals surface area contributed by atoms with Gasteiger partial charge < -0.3 is 5.11 Å². The van der Waals surface area contributed by atoms with Crippen LogP contribution in [-0.4, -0.2) is 34.6 Å². The predicted octanol–water partition coefficient (Wildman–Crippen LogP) is 1.09. The second-order valence-electron chi connectivity index (χ2n) is 3.86. The van der Waals surface area contributed by atoms with E-state index in [1.807, 2.05) is 0 Å². The zero-order valence-electron chi connectivity index (χ0n) is 7.20. The minimum absolute atomic E-state index is 0.344. The third-order valence-electron chi connectivity index (χ3n) is 3.14. The van der Waals surface area contributed by atoms with Gasteiger partial charge in [-0.15, -0.1) is 0 Å². The molecule has 0 spiro atoms. The van der Waals surface area contributed by atoms with Gasteiger partial charge >= 0.3 is 5.97 Å². The molecule has 0 aromatic rings. The summed E-state index contributed by atoms with van der Waals surface area (Å²) >= 11 is 0. The molecule has 1 atom stereocenters. The first-order valence-corrected chi connectivity index (χ1v) is 4.75. The Morgan fingerprint density at radius 2 is 2.17 bits per heavy atom. The summed E-state index contributed by atoms with van der Waals surface area (Å²) in [5.41, 5.74) is 0. The molecule has 3 heteroatoms. The minimum atomic E-state index is -0.649. The fourth-order valence-electron chi connectivity index (χ4n) is 2.08. The Hall–Kier alpha value is -0.570. The van der Waals surface area contributed by atoms with Crippen LogP contribution in [0.3, 0.4) is 0 Å². The third-order valence-corrected chi connectivity index (χ3v) is 3.14. The first-order chi connectivity index (χ1) is 5.77. The minimum Gasteiger partial charge on any atom is -0.481 e. The Bertz CT molecular complexity index is 189. The van der Waals surface area contributed by atoms with Crippen LogP contribution in [-0.2, 0) is 4.79 Å². The van der Waals surface area contributed by atoms with Gasteiger partial charge in [-0.1, -0.05) is 6.42 Å². The topological polar surface area (TPSA) is 40.5 Å². The van der Waals surface area contributed by atoms with E-state index >= 15 is 0 Å². The van der Waals surface area contributed by atoms with E-state index < -0.39 is 5.97 Å². The third kappa shape index (κ3) is 1.33. The summed E-state index contributed by atoms with van der Waals surface area (Å²) in [4.78, 5) is 12.8. The van der Waals surface area contributed by atoms with Crippen LogP contribution in [0.15, 0.2) is 0 Å². The monoisotopic (exact) mass is 169 g/mol. The number of rotatable bonds is 3. The van der Waals surface area contributed by atoms with Crippen LogP contribution < -0.4 is 0 Å². The number of hydrogen-bond donors (Lipinski definition) is 1. The Morgan fingerprint density at radius 3 is 2.50 bits per heavy atom. The molecule has 0 amide bonds. The van der Waals surface area contributed by atoms with Gasteiger partial charge in [-0.25, -0.2) is 0 Å². The highest BCUT2D eigenvalue weighted by Crippen LogP contribution is 2.33. The average Bonchev–Trinajstić information content (AvgIpc) is 1.89. The Kier molecular flexibility index (Phi) is 2.05. The summed E-state index contributed by atoms with van der Waals surface area (Å²) in [6.45, 7) is 1.13. The van der Waals surface area contributed by atoms with Crippen LogP contribution in [0.4, 0.5) is 0 Å². The molecule has 1 aliphatic carbocycles. The molecule has 1 aliphatic heterocycles. The summed E-state index contributed by atoms with van der Waals surface area (Å²) in [5.74, 6) is -0.649. The van der Waals surface area contributed by atoms with E-state index in [1.165, 1.54) is 19.3 Å². The number of carboxylic acids is 1. The summed E-state index contributed by atoms with van der Waals surface area (Å²) in [7, 11) is 0. The van der Waals surface area contributed by atoms with Crippen molar-refractivity contribution in [3.05, 3.63) is 0 Å². The van der Waals surface area contributed by atoms with E-state index in [2.05, 4.69) is 4.90 Å². The van der Waals surface area contributed by atoms with Crippen LogP contribution in [0, 0.1) is 0 Å². The normalized spacial score (nSPS) is 30.8. The molecule has 1 heterocycles. The van der Waals surface area contributed by atoms with E-state index in [0.717, 1.165) is 19.0 Å². The number of aliphatic carboxylic acids is 1. The first kappa shape index (κ1) is 8.05. The smallest absolute Gasteiger partial charge is 0.304 e. The molecule has 3 nitrogen and oxygen atoms in total. The van der Waals surface area contributed by atoms with Crippen LogP contribution in [0.25, 0.3) is 0 Å². The van der Waals surface area contributed by atoms with Crippen molar-refractivity contribution in [1.29, 1.82) is 0 Å². The van der Waals surface area contributed by atoms with Crippen molar-refractivity contribution >= 4 is 5.97 Å². The van der Waals surface area contributed by atoms with Crippen LogP contribution >= 0.6 is 0 Å². The number of carboxylic acid groups (broad SMARTS) is 1. The molecule has 12 heavy (non-hydrogen) atoms. The van der Waals surface area contributed by atoms with Crippen molar-refractivity contribution in [2.75, 3.05) is 6.54 Å². The van der Waals surface area contributed by atoms with Crippen molar-refractivity contribution in [3.63, 3.8) is 0 Å². The maximum absolute atomic E-state index is 10.5. The average molecular weight is 169 g/mol. The Morgan fingerprint density at radius 1 is 1.42 bits per heavy atom. The molecule has 0 aromatic heterocycles. The van der Waals surface area contributed by atoms with E-state index in [-0.39, 0.29) is 0 Å². The molecule has 2 rings (SSSR count). The zero-order chi connectivity index (χ0) is 8.55. The van der Waals surface area contributed by atoms with Gasteiger partial charge in [-0.2, -0.15) is 0 Å². The standard InChI is InChI=1S/C9H15NO2/c11-9(12)6-8-4-5-10(8)7-2-1-3-7/h7-8H,1-6H2,(H,11,12). The lowest BCUT2D eigenvalue weighted by atomic mass is 9.85. The first-order valence-electron chi connectivity index (χ1n) is 4.75. The summed E-state index contributed by atoms with van der Waals surface area (Å²) in [5, 5.41) is 8.61. The molecular formula is C9H15NO2. The molecule has 1 unspecified atom stereocenters. The fraction of sp³-hybridized carbons (Fsp3) is 0.889. The molecule has 1 saturated carbocycles. The van der Waals surface area contributed by atoms with Crippen LogP contribution in [0.5, 0.6) is 0 Å². The van der Waals surface area contributed by atoms with E-state index in [0.29, 0.717) is 12.5 Å². The number of nitrogens with zero attached hydrogens (tertiary/aromatic N) is 1. The Balaban J connectivity index is 1.80. The number of likely N-dealkylation sites (tertiary alicyclic amines) is 1. The van der Waals surface area contributed by atoms with Gasteiger partial charge in [0.15, 0.2) is 0 Å². The molecule has 0 aromatic carbocycles. The van der Waals surface area contributed by atoms with E-state index in [9.17, 15) is 4.79 Å². The SMILES string of the molecule is O=C(O)CC1CCN1C1CCC1. The highest BCUT2D eigenvalue weighted by molar-refractivity contribution is 5.67. The van der Waals surface area contributed by atoms with E-state index in [1.54, 1.807) is 0 Å². The number of hydrogen-bond acceptors (Lipinski definition) is 2. The second-order valence-corrected chi connectivity index (χ2v) is 3.86. The van der Waals surface area contributed by atoms with Crippen LogP contribution in [0.1, 0.15) is 32.1 Å². The highest BCUT2D eigenvalue weighted by atomic mass is 16.4. The van der Waals surface area contributed by atoms with Gasteiger partial charge in [0.1, 0.15) is 0 Å². The Labute approximate surface area is 72.4 Å². The van der Waals surface area contributed by atoms with Gasteiger partial charge in [0.25, 0.3) is 0 Å². The van der Waals surface area contributed by atoms with Crippen LogP contribution in [0.2, 0.25) is 0 Å². The quantitative estimate of drug-likeness (QED) is 0.687. The van der Waals surface area contributed by atoms with Crippen molar-refractivity contribution < 1.29 is 9.90 Å². The maximum atomic E-state index is 10.5. The molecule has 0 radical (unpaired) electrons. The van der Waals surface area contributed by atoms with Gasteiger partial charge in [0.2, 0.25) is 0 Å². The maximum Gasteiger partial charge on any atom is 0.304 e. The molecule has 2 fully saturated rings. The molecule has 0 bridgehead atoms. The van der Waals surface area contributed by atoms with Crippen molar-refractivity contribution in [3.8, 4) is 0 Å².